The molecular formula is C3H7O2-. The molecule has 0 atom stereocenters. The van der Waals surface area contributed by atoms with Crippen molar-refractivity contribution in [1.29, 1.82) is 0 Å². The van der Waals surface area contributed by atoms with Gasteiger partial charge in [-0.2, -0.15) is 0 Å². The molecule has 0 spiro atoms. The van der Waals surface area contributed by atoms with E-state index in [4.69, 9.17) is 0 Å². The Morgan fingerprint density at radius 1 is 1.20 bits per heavy atom. The van der Waals surface area contributed by atoms with Crippen molar-refractivity contribution < 1.29 is 9.47 Å². The van der Waals surface area contributed by atoms with Crippen LogP contribution in [-0.4, -0.2) is 14.2 Å². The molecule has 0 fully saturated rings. The molecule has 0 aromatic carbocycles. The average molecular weight is 75.1 g/mol. The van der Waals surface area contributed by atoms with Crippen LogP contribution >= 0.6 is 0 Å². The van der Waals surface area contributed by atoms with Gasteiger partial charge in [0.1, 0.15) is 0 Å². The van der Waals surface area contributed by atoms with E-state index in [2.05, 4.69) is 9.47 Å². The molecule has 0 aliphatic rings. The number of ether oxygens (including phenoxy) is 2. The zero-order valence-corrected chi connectivity index (χ0v) is 3.39. The third-order valence-electron chi connectivity index (χ3n) is 0.192. The van der Waals surface area contributed by atoms with Gasteiger partial charge in [-0.1, -0.05) is 6.79 Å². The lowest BCUT2D eigenvalue weighted by atomic mass is 11.4. The summed E-state index contributed by atoms with van der Waals surface area (Å²) in [6.45, 7) is 1.25. The average Bonchev–Trinajstić information content (AvgIpc) is 1.41. The molecule has 32 valence electrons. The van der Waals surface area contributed by atoms with Gasteiger partial charge < -0.3 is 9.47 Å². The first-order valence-electron chi connectivity index (χ1n) is 1.29. The zero-order chi connectivity index (χ0) is 4.12. The van der Waals surface area contributed by atoms with Crippen LogP contribution in [0, 0.1) is 6.79 Å². The van der Waals surface area contributed by atoms with Crippen LogP contribution in [-0.2, 0) is 9.47 Å². The van der Waals surface area contributed by atoms with E-state index in [9.17, 15) is 0 Å². The first-order valence-corrected chi connectivity index (χ1v) is 1.29. The van der Waals surface area contributed by atoms with Gasteiger partial charge in [0.05, 0.1) is 0 Å². The van der Waals surface area contributed by atoms with E-state index in [1.54, 1.807) is 0 Å². The van der Waals surface area contributed by atoms with Gasteiger partial charge in [0.25, 0.3) is 0 Å². The SMILES string of the molecule is CO[CH-]OC. The highest BCUT2D eigenvalue weighted by Gasteiger charge is 1.45. The fourth-order valence-corrected chi connectivity index (χ4v) is 0.0962. The van der Waals surface area contributed by atoms with Crippen molar-refractivity contribution >= 4 is 0 Å². The fraction of sp³-hybridized carbons (Fsp3) is 0.667. The van der Waals surface area contributed by atoms with E-state index in [-0.39, 0.29) is 0 Å². The van der Waals surface area contributed by atoms with Gasteiger partial charge in [-0.3, -0.25) is 0 Å². The Hall–Kier alpha value is -0.0800. The number of methoxy groups -OCH3 is 2. The highest BCUT2D eigenvalue weighted by molar-refractivity contribution is 4.12. The van der Waals surface area contributed by atoms with Crippen molar-refractivity contribution in [3.8, 4) is 0 Å². The van der Waals surface area contributed by atoms with Crippen LogP contribution in [0.2, 0.25) is 0 Å². The molecule has 2 nitrogen and oxygen atoms in total. The molecule has 0 rings (SSSR count). The monoisotopic (exact) mass is 75.0 g/mol. The Morgan fingerprint density at radius 3 is 1.60 bits per heavy atom. The van der Waals surface area contributed by atoms with Crippen LogP contribution in [0.5, 0.6) is 0 Å². The Balaban J connectivity index is 2.19. The van der Waals surface area contributed by atoms with Crippen molar-refractivity contribution in [3.63, 3.8) is 0 Å². The lowest BCUT2D eigenvalue weighted by molar-refractivity contribution is 0.0796. The number of rotatable bonds is 2. The second-order valence-electron chi connectivity index (χ2n) is 0.568. The second kappa shape index (κ2) is 3.92. The minimum absolute atomic E-state index is 1.25. The van der Waals surface area contributed by atoms with E-state index in [0.717, 1.165) is 0 Å². The second-order valence-corrected chi connectivity index (χ2v) is 0.568. The maximum atomic E-state index is 4.34. The van der Waals surface area contributed by atoms with E-state index >= 15 is 0 Å². The molecule has 0 saturated carbocycles. The molecule has 0 saturated heterocycles. The lowest BCUT2D eigenvalue weighted by Gasteiger charge is -2.04. The van der Waals surface area contributed by atoms with E-state index < -0.39 is 0 Å². The summed E-state index contributed by atoms with van der Waals surface area (Å²) in [5.74, 6) is 0. The summed E-state index contributed by atoms with van der Waals surface area (Å²) in [4.78, 5) is 0. The molecule has 0 bridgehead atoms. The predicted molar refractivity (Wildman–Crippen MR) is 18.3 cm³/mol. The fourth-order valence-electron chi connectivity index (χ4n) is 0.0962. The largest absolute Gasteiger partial charge is 0.527 e. The molecule has 0 unspecified atom stereocenters. The third kappa shape index (κ3) is 3.92. The van der Waals surface area contributed by atoms with Crippen LogP contribution in [0.1, 0.15) is 0 Å². The highest BCUT2D eigenvalue weighted by Crippen LogP contribution is 1.70. The maximum absolute atomic E-state index is 4.34. The summed E-state index contributed by atoms with van der Waals surface area (Å²) in [7, 11) is 3.06. The van der Waals surface area contributed by atoms with Crippen LogP contribution in [0.15, 0.2) is 0 Å². The van der Waals surface area contributed by atoms with E-state index in [0.29, 0.717) is 0 Å². The Bertz CT molecular complexity index is 12.4. The minimum Gasteiger partial charge on any atom is -0.527 e. The molecule has 0 aliphatic heterocycles. The summed E-state index contributed by atoms with van der Waals surface area (Å²) in [6, 6.07) is 0. The lowest BCUT2D eigenvalue weighted by Crippen LogP contribution is -1.78. The van der Waals surface area contributed by atoms with Crippen molar-refractivity contribution in [2.75, 3.05) is 14.2 Å². The Morgan fingerprint density at radius 2 is 1.60 bits per heavy atom. The summed E-state index contributed by atoms with van der Waals surface area (Å²) in [5.41, 5.74) is 0. The maximum Gasteiger partial charge on any atom is 0.00103 e. The van der Waals surface area contributed by atoms with Crippen molar-refractivity contribution in [3.05, 3.63) is 6.79 Å². The topological polar surface area (TPSA) is 18.5 Å². The van der Waals surface area contributed by atoms with Gasteiger partial charge >= 0.3 is 0 Å². The van der Waals surface area contributed by atoms with Crippen LogP contribution in [0.25, 0.3) is 0 Å². The quantitative estimate of drug-likeness (QED) is 0.442. The van der Waals surface area contributed by atoms with Crippen LogP contribution in [0.4, 0.5) is 0 Å². The molecule has 0 aromatic rings. The summed E-state index contributed by atoms with van der Waals surface area (Å²) in [5, 5.41) is 0. The molecule has 0 aliphatic carbocycles. The van der Waals surface area contributed by atoms with Crippen molar-refractivity contribution in [2.45, 2.75) is 0 Å². The highest BCUT2D eigenvalue weighted by atomic mass is 16.6. The van der Waals surface area contributed by atoms with Crippen LogP contribution < -0.4 is 0 Å². The van der Waals surface area contributed by atoms with Crippen molar-refractivity contribution in [2.24, 2.45) is 0 Å². The molecule has 0 amide bonds. The molecule has 0 heterocycles. The summed E-state index contributed by atoms with van der Waals surface area (Å²) in [6.07, 6.45) is 0. The van der Waals surface area contributed by atoms with E-state index in [1.807, 2.05) is 0 Å². The Kier molecular flexibility index (Phi) is 3.86. The summed E-state index contributed by atoms with van der Waals surface area (Å²) < 4.78 is 8.69. The van der Waals surface area contributed by atoms with Gasteiger partial charge in [-0.05, 0) is 0 Å². The minimum atomic E-state index is 1.25. The van der Waals surface area contributed by atoms with Gasteiger partial charge in [-0.25, -0.2) is 0 Å². The van der Waals surface area contributed by atoms with Crippen molar-refractivity contribution in [1.82, 2.24) is 0 Å². The van der Waals surface area contributed by atoms with Gasteiger partial charge in [0.2, 0.25) is 0 Å². The summed E-state index contributed by atoms with van der Waals surface area (Å²) >= 11 is 0. The molecule has 0 radical (unpaired) electrons. The van der Waals surface area contributed by atoms with Gasteiger partial charge in [0, 0.05) is 14.2 Å². The number of hydrogen-bond donors (Lipinski definition) is 0. The molecule has 0 N–H and O–H groups in total. The zero-order valence-electron chi connectivity index (χ0n) is 3.39. The Labute approximate surface area is 31.7 Å². The predicted octanol–water partition coefficient (Wildman–Crippen LogP) is 0.398. The van der Waals surface area contributed by atoms with Gasteiger partial charge in [0.15, 0.2) is 0 Å². The molecule has 0 aromatic heterocycles. The first kappa shape index (κ1) is 4.92. The normalized spacial score (nSPS) is 8.40. The van der Waals surface area contributed by atoms with Gasteiger partial charge in [-0.15, -0.1) is 0 Å². The first-order chi connectivity index (χ1) is 2.41. The van der Waals surface area contributed by atoms with Crippen LogP contribution in [0.3, 0.4) is 0 Å². The molecule has 2 heteroatoms. The molecular weight excluding hydrogens is 68.0 g/mol. The molecule has 5 heavy (non-hydrogen) atoms. The smallest absolute Gasteiger partial charge is 0.00103 e. The third-order valence-corrected chi connectivity index (χ3v) is 0.192. The number of hydrogen-bond acceptors (Lipinski definition) is 2. The van der Waals surface area contributed by atoms with E-state index in [1.165, 1.54) is 21.0 Å². The standard InChI is InChI=1S/C3H7O2/c1-4-3-5-2/h3H,1-2H3/q-1.